The van der Waals surface area contributed by atoms with Crippen molar-refractivity contribution in [2.45, 2.75) is 32.1 Å². The molecule has 0 radical (unpaired) electrons. The lowest BCUT2D eigenvalue weighted by Crippen LogP contribution is -2.34. The maximum atomic E-state index is 11.7. The number of carbonyl (C=O) groups excluding carboxylic acids is 1. The molecule has 0 bridgehead atoms. The third-order valence-corrected chi connectivity index (χ3v) is 3.23. The second kappa shape index (κ2) is 8.48. The van der Waals surface area contributed by atoms with Gasteiger partial charge in [-0.2, -0.15) is 0 Å². The van der Waals surface area contributed by atoms with Crippen LogP contribution in [0.1, 0.15) is 32.1 Å². The monoisotopic (exact) mass is 241 g/mol. The zero-order chi connectivity index (χ0) is 12.5. The minimum atomic E-state index is 0.226. The number of piperidine rings is 1. The lowest BCUT2D eigenvalue weighted by atomic mass is 9.96. The molecule has 4 heteroatoms. The lowest BCUT2D eigenvalue weighted by Gasteiger charge is -2.22. The van der Waals surface area contributed by atoms with Gasteiger partial charge in [0, 0.05) is 13.0 Å². The molecular weight excluding hydrogens is 214 g/mol. The predicted molar refractivity (Wildman–Crippen MR) is 71.0 cm³/mol. The maximum Gasteiger partial charge on any atom is 0.220 e. The third kappa shape index (κ3) is 7.34. The minimum Gasteiger partial charge on any atom is -0.356 e. The van der Waals surface area contributed by atoms with Gasteiger partial charge >= 0.3 is 0 Å². The standard InChI is InChI=1S/C13H27N3O/c1-16(2)9-4-3-8-15-13(17)10-12-6-5-7-14-11-12/h12,14H,3-11H2,1-2H3,(H,15,17). The average molecular weight is 241 g/mol. The molecule has 0 aromatic heterocycles. The van der Waals surface area contributed by atoms with Crippen LogP contribution in [0.5, 0.6) is 0 Å². The Hall–Kier alpha value is -0.610. The van der Waals surface area contributed by atoms with Gasteiger partial charge < -0.3 is 15.5 Å². The van der Waals surface area contributed by atoms with Gasteiger partial charge in [-0.25, -0.2) is 0 Å². The van der Waals surface area contributed by atoms with Gasteiger partial charge in [-0.15, -0.1) is 0 Å². The van der Waals surface area contributed by atoms with Crippen molar-refractivity contribution >= 4 is 5.91 Å². The zero-order valence-corrected chi connectivity index (χ0v) is 11.3. The molecule has 0 aromatic carbocycles. The van der Waals surface area contributed by atoms with Crippen molar-refractivity contribution in [1.82, 2.24) is 15.5 Å². The summed E-state index contributed by atoms with van der Waals surface area (Å²) in [5.74, 6) is 0.772. The summed E-state index contributed by atoms with van der Waals surface area (Å²) in [6.45, 7) is 4.05. The first-order valence-electron chi connectivity index (χ1n) is 6.80. The summed E-state index contributed by atoms with van der Waals surface area (Å²) in [6.07, 6.45) is 5.33. The highest BCUT2D eigenvalue weighted by Crippen LogP contribution is 2.13. The van der Waals surface area contributed by atoms with Gasteiger partial charge in [0.25, 0.3) is 0 Å². The summed E-state index contributed by atoms with van der Waals surface area (Å²) in [5, 5.41) is 6.36. The van der Waals surface area contributed by atoms with Crippen molar-refractivity contribution < 1.29 is 4.79 Å². The van der Waals surface area contributed by atoms with Crippen LogP contribution >= 0.6 is 0 Å². The normalized spacial score (nSPS) is 20.5. The smallest absolute Gasteiger partial charge is 0.220 e. The lowest BCUT2D eigenvalue weighted by molar-refractivity contribution is -0.122. The third-order valence-electron chi connectivity index (χ3n) is 3.23. The Morgan fingerprint density at radius 2 is 2.24 bits per heavy atom. The number of hydrogen-bond acceptors (Lipinski definition) is 3. The molecule has 1 atom stereocenters. The van der Waals surface area contributed by atoms with E-state index in [4.69, 9.17) is 0 Å². The largest absolute Gasteiger partial charge is 0.356 e. The number of rotatable bonds is 7. The van der Waals surface area contributed by atoms with Crippen LogP contribution < -0.4 is 10.6 Å². The fourth-order valence-corrected chi connectivity index (χ4v) is 2.21. The van der Waals surface area contributed by atoms with E-state index < -0.39 is 0 Å². The molecule has 4 nitrogen and oxygen atoms in total. The van der Waals surface area contributed by atoms with E-state index in [2.05, 4.69) is 29.6 Å². The fourth-order valence-electron chi connectivity index (χ4n) is 2.21. The van der Waals surface area contributed by atoms with Crippen molar-refractivity contribution in [3.63, 3.8) is 0 Å². The van der Waals surface area contributed by atoms with Gasteiger partial charge in [0.05, 0.1) is 0 Å². The van der Waals surface area contributed by atoms with Crippen LogP contribution in [0.25, 0.3) is 0 Å². The van der Waals surface area contributed by atoms with E-state index >= 15 is 0 Å². The fraction of sp³-hybridized carbons (Fsp3) is 0.923. The number of amides is 1. The number of nitrogens with one attached hydrogen (secondary N) is 2. The Morgan fingerprint density at radius 1 is 1.41 bits per heavy atom. The molecule has 0 saturated carbocycles. The summed E-state index contributed by atoms with van der Waals surface area (Å²) in [5.41, 5.74) is 0. The molecule has 1 amide bonds. The molecular formula is C13H27N3O. The Morgan fingerprint density at radius 3 is 2.88 bits per heavy atom. The Bertz CT molecular complexity index is 213. The van der Waals surface area contributed by atoms with Crippen LogP contribution in [0.3, 0.4) is 0 Å². The molecule has 1 heterocycles. The molecule has 1 unspecified atom stereocenters. The first-order chi connectivity index (χ1) is 8.18. The summed E-state index contributed by atoms with van der Waals surface area (Å²) in [6, 6.07) is 0. The maximum absolute atomic E-state index is 11.7. The quantitative estimate of drug-likeness (QED) is 0.649. The summed E-state index contributed by atoms with van der Waals surface area (Å²) >= 11 is 0. The minimum absolute atomic E-state index is 0.226. The number of carbonyl (C=O) groups is 1. The molecule has 2 N–H and O–H groups in total. The van der Waals surface area contributed by atoms with Crippen molar-refractivity contribution in [3.05, 3.63) is 0 Å². The van der Waals surface area contributed by atoms with E-state index in [-0.39, 0.29) is 5.91 Å². The second-order valence-electron chi connectivity index (χ2n) is 5.28. The Labute approximate surface area is 105 Å². The molecule has 100 valence electrons. The van der Waals surface area contributed by atoms with Crippen molar-refractivity contribution in [1.29, 1.82) is 0 Å². The molecule has 1 aliphatic heterocycles. The van der Waals surface area contributed by atoms with Crippen LogP contribution in [0, 0.1) is 5.92 Å². The van der Waals surface area contributed by atoms with E-state index in [1.807, 2.05) is 0 Å². The van der Waals surface area contributed by atoms with Crippen molar-refractivity contribution in [3.8, 4) is 0 Å². The van der Waals surface area contributed by atoms with Crippen molar-refractivity contribution in [2.24, 2.45) is 5.92 Å². The van der Waals surface area contributed by atoms with E-state index in [0.717, 1.165) is 39.0 Å². The average Bonchev–Trinajstić information content (AvgIpc) is 2.29. The molecule has 17 heavy (non-hydrogen) atoms. The van der Waals surface area contributed by atoms with Crippen LogP contribution in [0.15, 0.2) is 0 Å². The SMILES string of the molecule is CN(C)CCCCNC(=O)CC1CCCNC1. The molecule has 0 aromatic rings. The molecule has 0 spiro atoms. The predicted octanol–water partition coefficient (Wildman–Crippen LogP) is 0.834. The number of unbranched alkanes of at least 4 members (excludes halogenated alkanes) is 1. The van der Waals surface area contributed by atoms with E-state index in [1.165, 1.54) is 12.8 Å². The summed E-state index contributed by atoms with van der Waals surface area (Å²) in [4.78, 5) is 13.8. The van der Waals surface area contributed by atoms with Gasteiger partial charge in [0.2, 0.25) is 5.91 Å². The molecule has 1 aliphatic rings. The van der Waals surface area contributed by atoms with Gasteiger partial charge in [0.1, 0.15) is 0 Å². The molecule has 1 fully saturated rings. The van der Waals surface area contributed by atoms with Gasteiger partial charge in [-0.3, -0.25) is 4.79 Å². The van der Waals surface area contributed by atoms with Crippen molar-refractivity contribution in [2.75, 3.05) is 40.3 Å². The van der Waals surface area contributed by atoms with Gasteiger partial charge in [0.15, 0.2) is 0 Å². The second-order valence-corrected chi connectivity index (χ2v) is 5.28. The van der Waals surface area contributed by atoms with Crippen LogP contribution in [0.4, 0.5) is 0 Å². The highest BCUT2D eigenvalue weighted by atomic mass is 16.1. The Balaban J connectivity index is 1.97. The van der Waals surface area contributed by atoms with E-state index in [0.29, 0.717) is 12.3 Å². The summed E-state index contributed by atoms with van der Waals surface area (Å²) in [7, 11) is 4.16. The first-order valence-corrected chi connectivity index (χ1v) is 6.80. The van der Waals surface area contributed by atoms with Crippen LogP contribution in [-0.4, -0.2) is 51.1 Å². The molecule has 0 aliphatic carbocycles. The highest BCUT2D eigenvalue weighted by molar-refractivity contribution is 5.76. The van der Waals surface area contributed by atoms with Gasteiger partial charge in [-0.05, 0) is 65.3 Å². The Kier molecular flexibility index (Phi) is 7.21. The number of nitrogens with zero attached hydrogens (tertiary/aromatic N) is 1. The van der Waals surface area contributed by atoms with E-state index in [9.17, 15) is 4.79 Å². The van der Waals surface area contributed by atoms with Crippen LogP contribution in [0.2, 0.25) is 0 Å². The van der Waals surface area contributed by atoms with E-state index in [1.54, 1.807) is 0 Å². The van der Waals surface area contributed by atoms with Gasteiger partial charge in [-0.1, -0.05) is 0 Å². The van der Waals surface area contributed by atoms with Crippen LogP contribution in [-0.2, 0) is 4.79 Å². The highest BCUT2D eigenvalue weighted by Gasteiger charge is 2.16. The molecule has 1 rings (SSSR count). The first kappa shape index (κ1) is 14.5. The summed E-state index contributed by atoms with van der Waals surface area (Å²) < 4.78 is 0. The topological polar surface area (TPSA) is 44.4 Å². The zero-order valence-electron chi connectivity index (χ0n) is 11.3. The number of hydrogen-bond donors (Lipinski definition) is 2. The molecule has 1 saturated heterocycles.